The maximum Gasteiger partial charge on any atom is 0.356 e. The zero-order chi connectivity index (χ0) is 15.2. The molecule has 6 nitrogen and oxygen atoms in total. The average Bonchev–Trinajstić information content (AvgIpc) is 2.53. The van der Waals surface area contributed by atoms with E-state index in [1.54, 1.807) is 24.5 Å². The molecule has 0 amide bonds. The Labute approximate surface area is 123 Å². The SMILES string of the molecule is CCN(Cc1ccncc1)c1nc(C(=O)OC)ccc1N. The van der Waals surface area contributed by atoms with Gasteiger partial charge in [0.2, 0.25) is 0 Å². The first-order valence-corrected chi connectivity index (χ1v) is 6.64. The van der Waals surface area contributed by atoms with Crippen LogP contribution in [-0.2, 0) is 11.3 Å². The molecule has 0 unspecified atom stereocenters. The van der Waals surface area contributed by atoms with Crippen LogP contribution in [0.2, 0.25) is 0 Å². The number of hydrogen-bond acceptors (Lipinski definition) is 6. The van der Waals surface area contributed by atoms with E-state index in [2.05, 4.69) is 9.97 Å². The van der Waals surface area contributed by atoms with Gasteiger partial charge in [-0.1, -0.05) is 0 Å². The maximum absolute atomic E-state index is 11.6. The molecule has 0 spiro atoms. The Kier molecular flexibility index (Phi) is 4.71. The number of nitrogen functional groups attached to an aromatic ring is 1. The van der Waals surface area contributed by atoms with Crippen molar-refractivity contribution in [2.45, 2.75) is 13.5 Å². The summed E-state index contributed by atoms with van der Waals surface area (Å²) in [6.45, 7) is 3.36. The second kappa shape index (κ2) is 6.69. The summed E-state index contributed by atoms with van der Waals surface area (Å²) in [5.74, 6) is 0.105. The first kappa shape index (κ1) is 14.8. The Morgan fingerprint density at radius 1 is 1.29 bits per heavy atom. The minimum absolute atomic E-state index is 0.245. The molecular formula is C15H18N4O2. The van der Waals surface area contributed by atoms with Crippen LogP contribution in [0.3, 0.4) is 0 Å². The van der Waals surface area contributed by atoms with Gasteiger partial charge in [0.05, 0.1) is 12.8 Å². The zero-order valence-corrected chi connectivity index (χ0v) is 12.1. The number of ether oxygens (including phenoxy) is 1. The maximum atomic E-state index is 11.6. The minimum Gasteiger partial charge on any atom is -0.464 e. The van der Waals surface area contributed by atoms with E-state index in [1.807, 2.05) is 24.0 Å². The third-order valence-corrected chi connectivity index (χ3v) is 3.10. The van der Waals surface area contributed by atoms with Gasteiger partial charge in [-0.3, -0.25) is 4.98 Å². The monoisotopic (exact) mass is 286 g/mol. The number of nitrogens with zero attached hydrogens (tertiary/aromatic N) is 3. The number of nitrogens with two attached hydrogens (primary N) is 1. The van der Waals surface area contributed by atoms with Crippen molar-refractivity contribution in [1.29, 1.82) is 0 Å². The first-order chi connectivity index (χ1) is 10.2. The molecule has 0 radical (unpaired) electrons. The van der Waals surface area contributed by atoms with Gasteiger partial charge in [-0.15, -0.1) is 0 Å². The molecule has 2 N–H and O–H groups in total. The molecule has 0 bridgehead atoms. The highest BCUT2D eigenvalue weighted by molar-refractivity contribution is 5.88. The van der Waals surface area contributed by atoms with Crippen molar-refractivity contribution in [2.24, 2.45) is 0 Å². The molecule has 2 rings (SSSR count). The molecule has 0 saturated heterocycles. The highest BCUT2D eigenvalue weighted by Gasteiger charge is 2.15. The van der Waals surface area contributed by atoms with Crippen molar-refractivity contribution in [2.75, 3.05) is 24.3 Å². The molecule has 0 saturated carbocycles. The van der Waals surface area contributed by atoms with Gasteiger partial charge in [0, 0.05) is 25.5 Å². The first-order valence-electron chi connectivity index (χ1n) is 6.64. The normalized spacial score (nSPS) is 10.2. The summed E-state index contributed by atoms with van der Waals surface area (Å²) in [4.78, 5) is 21.9. The van der Waals surface area contributed by atoms with Crippen molar-refractivity contribution < 1.29 is 9.53 Å². The Morgan fingerprint density at radius 3 is 2.62 bits per heavy atom. The summed E-state index contributed by atoms with van der Waals surface area (Å²) in [6, 6.07) is 7.10. The number of anilines is 2. The van der Waals surface area contributed by atoms with E-state index in [4.69, 9.17) is 10.5 Å². The Morgan fingerprint density at radius 2 is 2.00 bits per heavy atom. The van der Waals surface area contributed by atoms with Crippen LogP contribution in [0.15, 0.2) is 36.7 Å². The molecule has 6 heteroatoms. The average molecular weight is 286 g/mol. The summed E-state index contributed by atoms with van der Waals surface area (Å²) in [5.41, 5.74) is 7.86. The Balaban J connectivity index is 2.31. The number of hydrogen-bond donors (Lipinski definition) is 1. The third kappa shape index (κ3) is 3.47. The fourth-order valence-electron chi connectivity index (χ4n) is 1.98. The van der Waals surface area contributed by atoms with Gasteiger partial charge in [-0.2, -0.15) is 0 Å². The molecule has 2 aromatic heterocycles. The van der Waals surface area contributed by atoms with Crippen molar-refractivity contribution in [3.05, 3.63) is 47.9 Å². The predicted octanol–water partition coefficient (Wildman–Crippen LogP) is 1.87. The van der Waals surface area contributed by atoms with E-state index in [-0.39, 0.29) is 5.69 Å². The van der Waals surface area contributed by atoms with E-state index >= 15 is 0 Å². The third-order valence-electron chi connectivity index (χ3n) is 3.10. The molecule has 2 aromatic rings. The fourth-order valence-corrected chi connectivity index (χ4v) is 1.98. The van der Waals surface area contributed by atoms with E-state index in [9.17, 15) is 4.79 Å². The summed E-state index contributed by atoms with van der Waals surface area (Å²) in [7, 11) is 1.33. The number of rotatable bonds is 5. The lowest BCUT2D eigenvalue weighted by Crippen LogP contribution is -2.25. The predicted molar refractivity (Wildman–Crippen MR) is 80.9 cm³/mol. The largest absolute Gasteiger partial charge is 0.464 e. The number of carbonyl (C=O) groups is 1. The van der Waals surface area contributed by atoms with Crippen LogP contribution in [0.25, 0.3) is 0 Å². The van der Waals surface area contributed by atoms with E-state index in [0.29, 0.717) is 24.6 Å². The van der Waals surface area contributed by atoms with Gasteiger partial charge >= 0.3 is 5.97 Å². The number of methoxy groups -OCH3 is 1. The second-order valence-corrected chi connectivity index (χ2v) is 4.47. The molecule has 0 aliphatic carbocycles. The summed E-state index contributed by atoms with van der Waals surface area (Å²) in [6.07, 6.45) is 3.48. The van der Waals surface area contributed by atoms with Crippen LogP contribution < -0.4 is 10.6 Å². The quantitative estimate of drug-likeness (QED) is 0.845. The topological polar surface area (TPSA) is 81.3 Å². The van der Waals surface area contributed by atoms with Crippen LogP contribution in [0.4, 0.5) is 11.5 Å². The Hall–Kier alpha value is -2.63. The van der Waals surface area contributed by atoms with Crippen molar-refractivity contribution >= 4 is 17.5 Å². The van der Waals surface area contributed by atoms with Gasteiger partial charge in [0.25, 0.3) is 0 Å². The molecule has 0 fully saturated rings. The molecule has 0 atom stereocenters. The van der Waals surface area contributed by atoms with Gasteiger partial charge in [0.15, 0.2) is 11.5 Å². The number of aromatic nitrogens is 2. The lowest BCUT2D eigenvalue weighted by Gasteiger charge is -2.23. The second-order valence-electron chi connectivity index (χ2n) is 4.47. The molecular weight excluding hydrogens is 268 g/mol. The van der Waals surface area contributed by atoms with Gasteiger partial charge in [-0.05, 0) is 36.8 Å². The summed E-state index contributed by atoms with van der Waals surface area (Å²) in [5, 5.41) is 0. The van der Waals surface area contributed by atoms with E-state index in [1.165, 1.54) is 7.11 Å². The number of carbonyl (C=O) groups excluding carboxylic acids is 1. The molecule has 110 valence electrons. The minimum atomic E-state index is -0.476. The van der Waals surface area contributed by atoms with Crippen LogP contribution in [-0.4, -0.2) is 29.6 Å². The van der Waals surface area contributed by atoms with Crippen molar-refractivity contribution in [3.8, 4) is 0 Å². The highest BCUT2D eigenvalue weighted by atomic mass is 16.5. The standard InChI is InChI=1S/C15H18N4O2/c1-3-19(10-11-6-8-17-9-7-11)14-12(16)4-5-13(18-14)15(20)21-2/h4-9H,3,10,16H2,1-2H3. The molecule has 21 heavy (non-hydrogen) atoms. The Bertz CT molecular complexity index is 616. The lowest BCUT2D eigenvalue weighted by atomic mass is 10.2. The van der Waals surface area contributed by atoms with Gasteiger partial charge in [-0.25, -0.2) is 9.78 Å². The molecule has 0 aliphatic rings. The summed E-state index contributed by atoms with van der Waals surface area (Å²) < 4.78 is 4.69. The highest BCUT2D eigenvalue weighted by Crippen LogP contribution is 2.22. The number of pyridine rings is 2. The lowest BCUT2D eigenvalue weighted by molar-refractivity contribution is 0.0594. The van der Waals surface area contributed by atoms with Crippen LogP contribution in [0.5, 0.6) is 0 Å². The van der Waals surface area contributed by atoms with Gasteiger partial charge in [0.1, 0.15) is 0 Å². The fraction of sp³-hybridized carbons (Fsp3) is 0.267. The van der Waals surface area contributed by atoms with E-state index in [0.717, 1.165) is 5.56 Å². The van der Waals surface area contributed by atoms with Gasteiger partial charge < -0.3 is 15.4 Å². The van der Waals surface area contributed by atoms with Crippen LogP contribution in [0, 0.1) is 0 Å². The summed E-state index contributed by atoms with van der Waals surface area (Å²) >= 11 is 0. The zero-order valence-electron chi connectivity index (χ0n) is 12.1. The van der Waals surface area contributed by atoms with Crippen LogP contribution in [0.1, 0.15) is 23.0 Å². The van der Waals surface area contributed by atoms with Crippen molar-refractivity contribution in [3.63, 3.8) is 0 Å². The molecule has 0 aromatic carbocycles. The molecule has 2 heterocycles. The number of esters is 1. The van der Waals surface area contributed by atoms with Crippen molar-refractivity contribution in [1.82, 2.24) is 9.97 Å². The van der Waals surface area contributed by atoms with Crippen LogP contribution >= 0.6 is 0 Å². The molecule has 0 aliphatic heterocycles. The smallest absolute Gasteiger partial charge is 0.356 e. The van der Waals surface area contributed by atoms with E-state index < -0.39 is 5.97 Å².